The Morgan fingerprint density at radius 3 is 2.57 bits per heavy atom. The van der Waals surface area contributed by atoms with Gasteiger partial charge in [-0.1, -0.05) is 12.1 Å². The van der Waals surface area contributed by atoms with Gasteiger partial charge in [0.25, 0.3) is 0 Å². The highest BCUT2D eigenvalue weighted by atomic mass is 32.2. The zero-order valence-electron chi connectivity index (χ0n) is 12.2. The summed E-state index contributed by atoms with van der Waals surface area (Å²) in [5.41, 5.74) is 7.22. The topological polar surface area (TPSA) is 93.2 Å². The summed E-state index contributed by atoms with van der Waals surface area (Å²) >= 11 is 0. The van der Waals surface area contributed by atoms with E-state index >= 15 is 0 Å². The highest BCUT2D eigenvalue weighted by Crippen LogP contribution is 2.24. The molecule has 0 fully saturated rings. The molecule has 1 aromatic heterocycles. The molecule has 2 rings (SSSR count). The summed E-state index contributed by atoms with van der Waals surface area (Å²) < 4.78 is 27.3. The van der Waals surface area contributed by atoms with Gasteiger partial charge in [-0.15, -0.1) is 0 Å². The van der Waals surface area contributed by atoms with Gasteiger partial charge in [0.15, 0.2) is 0 Å². The van der Waals surface area contributed by atoms with Gasteiger partial charge in [0.05, 0.1) is 11.9 Å². The average Bonchev–Trinajstić information content (AvgIpc) is 2.76. The standard InChI is InChI=1S/C13H19N5O2S/c1-17(2)21(19,20)12-7-5-4-6-11(12)15-8-10-9-16-18(3)13(10)14/h4-7,9,15H,8,14H2,1-3H3. The quantitative estimate of drug-likeness (QED) is 0.854. The molecule has 0 aliphatic heterocycles. The van der Waals surface area contributed by atoms with E-state index in [4.69, 9.17) is 5.73 Å². The summed E-state index contributed by atoms with van der Waals surface area (Å²) in [7, 11) is 1.27. The van der Waals surface area contributed by atoms with Crippen LogP contribution in [-0.4, -0.2) is 36.6 Å². The third kappa shape index (κ3) is 3.01. The Labute approximate surface area is 124 Å². The van der Waals surface area contributed by atoms with Gasteiger partial charge in [0.1, 0.15) is 10.7 Å². The fourth-order valence-corrected chi connectivity index (χ4v) is 2.92. The van der Waals surface area contributed by atoms with Crippen LogP contribution in [0.1, 0.15) is 5.56 Å². The van der Waals surface area contributed by atoms with Gasteiger partial charge >= 0.3 is 0 Å². The third-order valence-electron chi connectivity index (χ3n) is 3.18. The van der Waals surface area contributed by atoms with Crippen LogP contribution in [0.3, 0.4) is 0 Å². The monoisotopic (exact) mass is 309 g/mol. The number of rotatable bonds is 5. The van der Waals surface area contributed by atoms with Crippen LogP contribution in [0.15, 0.2) is 35.4 Å². The average molecular weight is 309 g/mol. The minimum absolute atomic E-state index is 0.234. The molecule has 0 saturated heterocycles. The van der Waals surface area contributed by atoms with E-state index in [1.54, 1.807) is 42.2 Å². The summed E-state index contributed by atoms with van der Waals surface area (Å²) in [6, 6.07) is 6.77. The molecular formula is C13H19N5O2S. The van der Waals surface area contributed by atoms with E-state index < -0.39 is 10.0 Å². The molecule has 114 valence electrons. The maximum atomic E-state index is 12.3. The van der Waals surface area contributed by atoms with Crippen LogP contribution >= 0.6 is 0 Å². The molecule has 0 aliphatic carbocycles. The Hall–Kier alpha value is -2.06. The molecule has 0 unspecified atom stereocenters. The van der Waals surface area contributed by atoms with Gasteiger partial charge in [-0.25, -0.2) is 12.7 Å². The number of benzene rings is 1. The van der Waals surface area contributed by atoms with Crippen molar-refractivity contribution in [2.24, 2.45) is 7.05 Å². The lowest BCUT2D eigenvalue weighted by Gasteiger charge is -2.16. The first-order valence-electron chi connectivity index (χ1n) is 6.36. The van der Waals surface area contributed by atoms with Crippen molar-refractivity contribution in [3.05, 3.63) is 36.0 Å². The van der Waals surface area contributed by atoms with Gasteiger partial charge in [-0.3, -0.25) is 4.68 Å². The Balaban J connectivity index is 2.28. The van der Waals surface area contributed by atoms with E-state index in [0.717, 1.165) is 5.56 Å². The molecule has 0 aliphatic rings. The molecule has 2 aromatic rings. The van der Waals surface area contributed by atoms with Crippen molar-refractivity contribution in [2.75, 3.05) is 25.1 Å². The van der Waals surface area contributed by atoms with Crippen LogP contribution in [0, 0.1) is 0 Å². The normalized spacial score (nSPS) is 11.8. The van der Waals surface area contributed by atoms with Crippen molar-refractivity contribution in [3.8, 4) is 0 Å². The number of hydrogen-bond acceptors (Lipinski definition) is 5. The van der Waals surface area contributed by atoms with Gasteiger partial charge in [-0.05, 0) is 12.1 Å². The third-order valence-corrected chi connectivity index (χ3v) is 5.05. The minimum atomic E-state index is -3.50. The molecule has 0 saturated carbocycles. The lowest BCUT2D eigenvalue weighted by atomic mass is 10.3. The first-order valence-corrected chi connectivity index (χ1v) is 7.80. The van der Waals surface area contributed by atoms with Crippen LogP contribution in [0.4, 0.5) is 11.5 Å². The predicted octanol–water partition coefficient (Wildman–Crippen LogP) is 0.865. The second-order valence-corrected chi connectivity index (χ2v) is 6.94. The molecule has 0 atom stereocenters. The molecule has 8 heteroatoms. The van der Waals surface area contributed by atoms with Crippen molar-refractivity contribution in [1.29, 1.82) is 0 Å². The fraction of sp³-hybridized carbons (Fsp3) is 0.308. The number of anilines is 2. The highest BCUT2D eigenvalue weighted by Gasteiger charge is 2.20. The van der Waals surface area contributed by atoms with E-state index in [-0.39, 0.29) is 4.90 Å². The molecular weight excluding hydrogens is 290 g/mol. The number of nitrogens with zero attached hydrogens (tertiary/aromatic N) is 3. The zero-order valence-corrected chi connectivity index (χ0v) is 13.1. The Morgan fingerprint density at radius 1 is 1.33 bits per heavy atom. The number of hydrogen-bond donors (Lipinski definition) is 2. The van der Waals surface area contributed by atoms with E-state index in [0.29, 0.717) is 18.1 Å². The van der Waals surface area contributed by atoms with Crippen molar-refractivity contribution < 1.29 is 8.42 Å². The van der Waals surface area contributed by atoms with E-state index in [9.17, 15) is 8.42 Å². The van der Waals surface area contributed by atoms with Gasteiger partial charge in [0, 0.05) is 33.3 Å². The van der Waals surface area contributed by atoms with Crippen LogP contribution in [0.25, 0.3) is 0 Å². The molecule has 3 N–H and O–H groups in total. The number of sulfonamides is 1. The molecule has 0 spiro atoms. The molecule has 1 aromatic carbocycles. The van der Waals surface area contributed by atoms with Crippen molar-refractivity contribution in [3.63, 3.8) is 0 Å². The van der Waals surface area contributed by atoms with Crippen LogP contribution in [0.5, 0.6) is 0 Å². The van der Waals surface area contributed by atoms with E-state index in [2.05, 4.69) is 10.4 Å². The number of nitrogens with two attached hydrogens (primary N) is 1. The lowest BCUT2D eigenvalue weighted by Crippen LogP contribution is -2.23. The highest BCUT2D eigenvalue weighted by molar-refractivity contribution is 7.89. The van der Waals surface area contributed by atoms with Gasteiger partial charge < -0.3 is 11.1 Å². The summed E-state index contributed by atoms with van der Waals surface area (Å²) in [5, 5.41) is 7.16. The predicted molar refractivity (Wildman–Crippen MR) is 82.3 cm³/mol. The molecule has 7 nitrogen and oxygen atoms in total. The minimum Gasteiger partial charge on any atom is -0.384 e. The number of para-hydroxylation sites is 1. The Bertz CT molecular complexity index is 737. The summed E-state index contributed by atoms with van der Waals surface area (Å²) in [6.45, 7) is 0.402. The van der Waals surface area contributed by atoms with Crippen LogP contribution in [0.2, 0.25) is 0 Å². The first-order chi connectivity index (χ1) is 9.84. The molecule has 1 heterocycles. The maximum absolute atomic E-state index is 12.3. The van der Waals surface area contributed by atoms with E-state index in [1.807, 2.05) is 0 Å². The number of nitrogens with one attached hydrogen (secondary N) is 1. The maximum Gasteiger partial charge on any atom is 0.244 e. The second kappa shape index (κ2) is 5.74. The summed E-state index contributed by atoms with van der Waals surface area (Å²) in [6.07, 6.45) is 1.66. The number of nitrogen functional groups attached to an aromatic ring is 1. The fourth-order valence-electron chi connectivity index (χ4n) is 1.85. The Kier molecular flexibility index (Phi) is 4.19. The molecule has 0 bridgehead atoms. The lowest BCUT2D eigenvalue weighted by molar-refractivity contribution is 0.521. The first kappa shape index (κ1) is 15.3. The largest absolute Gasteiger partial charge is 0.384 e. The zero-order chi connectivity index (χ0) is 15.6. The second-order valence-electron chi connectivity index (χ2n) is 4.82. The number of aryl methyl sites for hydroxylation is 1. The van der Waals surface area contributed by atoms with Gasteiger partial charge in [0.2, 0.25) is 10.0 Å². The summed E-state index contributed by atoms with van der Waals surface area (Å²) in [5.74, 6) is 0.551. The van der Waals surface area contributed by atoms with Crippen molar-refractivity contribution >= 4 is 21.5 Å². The van der Waals surface area contributed by atoms with E-state index in [1.165, 1.54) is 18.4 Å². The van der Waals surface area contributed by atoms with Crippen LogP contribution < -0.4 is 11.1 Å². The van der Waals surface area contributed by atoms with Crippen molar-refractivity contribution in [2.45, 2.75) is 11.4 Å². The smallest absolute Gasteiger partial charge is 0.244 e. The molecule has 21 heavy (non-hydrogen) atoms. The van der Waals surface area contributed by atoms with Crippen molar-refractivity contribution in [1.82, 2.24) is 14.1 Å². The van der Waals surface area contributed by atoms with Crippen LogP contribution in [-0.2, 0) is 23.6 Å². The molecule has 0 amide bonds. The SMILES string of the molecule is CN(C)S(=O)(=O)c1ccccc1NCc1cnn(C)c1N. The van der Waals surface area contributed by atoms with Gasteiger partial charge in [-0.2, -0.15) is 5.10 Å². The molecule has 0 radical (unpaired) electrons. The number of aromatic nitrogens is 2. The Morgan fingerprint density at radius 2 is 2.00 bits per heavy atom. The summed E-state index contributed by atoms with van der Waals surface area (Å²) in [4.78, 5) is 0.234.